The molecule has 6 nitrogen and oxygen atoms in total. The predicted molar refractivity (Wildman–Crippen MR) is 88.9 cm³/mol. The molecule has 0 saturated carbocycles. The monoisotopic (exact) mass is 379 g/mol. The SMILES string of the molecule is O=C(Nc1ccc(Br)cc1F)N1CCN(c2ncccn2)CC1. The molecule has 0 aliphatic carbocycles. The maximum atomic E-state index is 13.8. The van der Waals surface area contributed by atoms with E-state index in [2.05, 4.69) is 31.2 Å². The van der Waals surface area contributed by atoms with E-state index in [1.54, 1.807) is 29.4 Å². The third-order valence-corrected chi connectivity index (χ3v) is 4.07. The van der Waals surface area contributed by atoms with Crippen molar-refractivity contribution in [2.24, 2.45) is 0 Å². The number of hydrogen-bond acceptors (Lipinski definition) is 4. The number of benzene rings is 1. The lowest BCUT2D eigenvalue weighted by Crippen LogP contribution is -2.50. The van der Waals surface area contributed by atoms with Gasteiger partial charge in [-0.1, -0.05) is 15.9 Å². The summed E-state index contributed by atoms with van der Waals surface area (Å²) < 4.78 is 14.4. The number of aromatic nitrogens is 2. The summed E-state index contributed by atoms with van der Waals surface area (Å²) in [7, 11) is 0. The Labute approximate surface area is 141 Å². The number of halogens is 2. The second kappa shape index (κ2) is 6.91. The molecule has 2 amide bonds. The molecule has 0 atom stereocenters. The molecule has 2 heterocycles. The largest absolute Gasteiger partial charge is 0.337 e. The summed E-state index contributed by atoms with van der Waals surface area (Å²) in [6.45, 7) is 2.34. The van der Waals surface area contributed by atoms with Gasteiger partial charge in [-0.25, -0.2) is 19.2 Å². The van der Waals surface area contributed by atoms with Crippen LogP contribution in [0.15, 0.2) is 41.1 Å². The van der Waals surface area contributed by atoms with E-state index < -0.39 is 5.82 Å². The molecule has 1 aromatic heterocycles. The van der Waals surface area contributed by atoms with Gasteiger partial charge >= 0.3 is 6.03 Å². The summed E-state index contributed by atoms with van der Waals surface area (Å²) in [5, 5.41) is 2.60. The van der Waals surface area contributed by atoms with Gasteiger partial charge in [-0.2, -0.15) is 0 Å². The molecule has 0 bridgehead atoms. The average molecular weight is 380 g/mol. The maximum Gasteiger partial charge on any atom is 0.322 e. The van der Waals surface area contributed by atoms with Crippen LogP contribution in [0, 0.1) is 5.82 Å². The standard InChI is InChI=1S/C15H15BrFN5O/c16-11-2-3-13(12(17)10-11)20-15(23)22-8-6-21(7-9-22)14-18-4-1-5-19-14/h1-5,10H,6-9H2,(H,20,23). The molecule has 0 unspecified atom stereocenters. The molecule has 120 valence electrons. The van der Waals surface area contributed by atoms with Gasteiger partial charge in [0.05, 0.1) is 5.69 Å². The minimum atomic E-state index is -0.468. The number of amides is 2. The fraction of sp³-hybridized carbons (Fsp3) is 0.267. The number of anilines is 2. The van der Waals surface area contributed by atoms with Crippen molar-refractivity contribution in [2.75, 3.05) is 36.4 Å². The highest BCUT2D eigenvalue weighted by Crippen LogP contribution is 2.20. The van der Waals surface area contributed by atoms with E-state index in [-0.39, 0.29) is 11.7 Å². The van der Waals surface area contributed by atoms with Crippen LogP contribution < -0.4 is 10.2 Å². The molecule has 0 radical (unpaired) electrons. The topological polar surface area (TPSA) is 61.4 Å². The second-order valence-electron chi connectivity index (χ2n) is 5.08. The summed E-state index contributed by atoms with van der Waals surface area (Å²) in [6.07, 6.45) is 3.38. The van der Waals surface area contributed by atoms with Crippen LogP contribution in [-0.2, 0) is 0 Å². The number of piperazine rings is 1. The fourth-order valence-corrected chi connectivity index (χ4v) is 2.68. The number of nitrogens with one attached hydrogen (secondary N) is 1. The smallest absolute Gasteiger partial charge is 0.322 e. The number of urea groups is 1. The van der Waals surface area contributed by atoms with Crippen molar-refractivity contribution in [2.45, 2.75) is 0 Å². The Hall–Kier alpha value is -2.22. The van der Waals surface area contributed by atoms with Crippen LogP contribution in [-0.4, -0.2) is 47.1 Å². The van der Waals surface area contributed by atoms with Gasteiger partial charge in [0.1, 0.15) is 5.82 Å². The van der Waals surface area contributed by atoms with Crippen molar-refractivity contribution in [3.8, 4) is 0 Å². The van der Waals surface area contributed by atoms with E-state index in [4.69, 9.17) is 0 Å². The molecule has 3 rings (SSSR count). The van der Waals surface area contributed by atoms with E-state index >= 15 is 0 Å². The molecule has 1 aromatic carbocycles. The molecular weight excluding hydrogens is 365 g/mol. The average Bonchev–Trinajstić information content (AvgIpc) is 2.58. The van der Waals surface area contributed by atoms with Gasteiger partial charge in [0.2, 0.25) is 5.95 Å². The summed E-state index contributed by atoms with van der Waals surface area (Å²) >= 11 is 3.19. The number of carbonyl (C=O) groups excluding carboxylic acids is 1. The van der Waals surface area contributed by atoms with Crippen LogP contribution in [0.4, 0.5) is 20.8 Å². The first-order valence-electron chi connectivity index (χ1n) is 7.16. The number of nitrogens with zero attached hydrogens (tertiary/aromatic N) is 4. The Balaban J connectivity index is 1.58. The molecule has 23 heavy (non-hydrogen) atoms. The van der Waals surface area contributed by atoms with Crippen molar-refractivity contribution >= 4 is 33.6 Å². The van der Waals surface area contributed by atoms with Crippen molar-refractivity contribution in [1.29, 1.82) is 0 Å². The molecule has 8 heteroatoms. The zero-order valence-electron chi connectivity index (χ0n) is 12.2. The van der Waals surface area contributed by atoms with Crippen molar-refractivity contribution in [3.63, 3.8) is 0 Å². The van der Waals surface area contributed by atoms with Gasteiger partial charge in [-0.3, -0.25) is 0 Å². The lowest BCUT2D eigenvalue weighted by molar-refractivity contribution is 0.208. The molecule has 1 aliphatic rings. The van der Waals surface area contributed by atoms with Crippen LogP contribution in [0.3, 0.4) is 0 Å². The molecule has 2 aromatic rings. The molecule has 1 saturated heterocycles. The highest BCUT2D eigenvalue weighted by molar-refractivity contribution is 9.10. The van der Waals surface area contributed by atoms with E-state index in [0.717, 1.165) is 0 Å². The van der Waals surface area contributed by atoms with E-state index in [0.29, 0.717) is 36.6 Å². The highest BCUT2D eigenvalue weighted by Gasteiger charge is 2.23. The van der Waals surface area contributed by atoms with Gasteiger partial charge in [-0.15, -0.1) is 0 Å². The molecule has 1 aliphatic heterocycles. The van der Waals surface area contributed by atoms with Crippen molar-refractivity contribution < 1.29 is 9.18 Å². The molecule has 1 N–H and O–H groups in total. The predicted octanol–water partition coefficient (Wildman–Crippen LogP) is 2.73. The minimum Gasteiger partial charge on any atom is -0.337 e. The van der Waals surface area contributed by atoms with Crippen molar-refractivity contribution in [1.82, 2.24) is 14.9 Å². The van der Waals surface area contributed by atoms with Gasteiger partial charge < -0.3 is 15.1 Å². The van der Waals surface area contributed by atoms with E-state index in [9.17, 15) is 9.18 Å². The Morgan fingerprint density at radius 1 is 1.17 bits per heavy atom. The first-order chi connectivity index (χ1) is 11.1. The molecular formula is C15H15BrFN5O. The van der Waals surface area contributed by atoms with Crippen LogP contribution in [0.2, 0.25) is 0 Å². The minimum absolute atomic E-state index is 0.173. The summed E-state index contributed by atoms with van der Waals surface area (Å²) in [4.78, 5) is 24.3. The third-order valence-electron chi connectivity index (χ3n) is 3.57. The van der Waals surface area contributed by atoms with Crippen LogP contribution in [0.25, 0.3) is 0 Å². The quantitative estimate of drug-likeness (QED) is 0.871. The summed E-state index contributed by atoms with van der Waals surface area (Å²) in [6, 6.07) is 5.99. The van der Waals surface area contributed by atoms with Gasteiger partial charge in [-0.05, 0) is 24.3 Å². The number of carbonyl (C=O) groups is 1. The number of rotatable bonds is 2. The van der Waals surface area contributed by atoms with Gasteiger partial charge in [0.25, 0.3) is 0 Å². The number of hydrogen-bond donors (Lipinski definition) is 1. The molecule has 1 fully saturated rings. The second-order valence-corrected chi connectivity index (χ2v) is 5.99. The molecule has 0 spiro atoms. The van der Waals surface area contributed by atoms with Gasteiger partial charge in [0, 0.05) is 43.0 Å². The lowest BCUT2D eigenvalue weighted by Gasteiger charge is -2.34. The fourth-order valence-electron chi connectivity index (χ4n) is 2.35. The summed E-state index contributed by atoms with van der Waals surface area (Å²) in [5.41, 5.74) is 0.173. The Morgan fingerprint density at radius 2 is 1.87 bits per heavy atom. The first kappa shape index (κ1) is 15.7. The first-order valence-corrected chi connectivity index (χ1v) is 7.96. The maximum absolute atomic E-state index is 13.8. The Morgan fingerprint density at radius 3 is 2.52 bits per heavy atom. The van der Waals surface area contributed by atoms with Crippen LogP contribution >= 0.6 is 15.9 Å². The van der Waals surface area contributed by atoms with Gasteiger partial charge in [0.15, 0.2) is 0 Å². The van der Waals surface area contributed by atoms with E-state index in [1.807, 2.05) is 4.90 Å². The third kappa shape index (κ3) is 3.76. The Kier molecular flexibility index (Phi) is 4.71. The normalized spacial score (nSPS) is 14.7. The van der Waals surface area contributed by atoms with E-state index in [1.165, 1.54) is 12.1 Å². The van der Waals surface area contributed by atoms with Crippen molar-refractivity contribution in [3.05, 3.63) is 46.9 Å². The van der Waals surface area contributed by atoms with Crippen LogP contribution in [0.5, 0.6) is 0 Å². The lowest BCUT2D eigenvalue weighted by atomic mass is 10.3. The highest BCUT2D eigenvalue weighted by atomic mass is 79.9. The summed E-state index contributed by atoms with van der Waals surface area (Å²) in [5.74, 6) is 0.190. The Bertz CT molecular complexity index is 692. The zero-order chi connectivity index (χ0) is 16.2. The van der Waals surface area contributed by atoms with Crippen LogP contribution in [0.1, 0.15) is 0 Å². The zero-order valence-corrected chi connectivity index (χ0v) is 13.8.